The van der Waals surface area contributed by atoms with Crippen LogP contribution in [0.2, 0.25) is 0 Å². The second kappa shape index (κ2) is 39.3. The van der Waals surface area contributed by atoms with E-state index in [9.17, 15) is 19.5 Å². The Morgan fingerprint density at radius 3 is 1.52 bits per heavy atom. The molecule has 20 heteroatoms. The predicted octanol–water partition coefficient (Wildman–Crippen LogP) is 9.14. The number of rotatable bonds is 4. The molecular formula is C40H60MnO6S13. The maximum atomic E-state index is 11.4. The Hall–Kier alpha value is -0.131. The van der Waals surface area contributed by atoms with E-state index in [0.29, 0.717) is 30.1 Å². The molecule has 0 aromatic rings. The van der Waals surface area contributed by atoms with Crippen molar-refractivity contribution in [2.75, 3.05) is 0 Å². The van der Waals surface area contributed by atoms with Crippen molar-refractivity contribution in [3.05, 3.63) is 99.2 Å². The number of aliphatic hydroxyl groups is 1. The van der Waals surface area contributed by atoms with Crippen LogP contribution in [-0.4, -0.2) is 28.6 Å². The SMILES string of the molecule is C.C=CC1CC(=O)C=CC1(C)C.C=CC1CC(O)C=CC1(C)C.C=CC1CC=CC(=O)C1(C)C.C=CC1CC=CC(=O)C1C.S=S=S=S=S=S.S=S=S=S=S=S=S.[O]=[Mn]=[O]. The van der Waals surface area contributed by atoms with Gasteiger partial charge in [-0.25, -0.2) is 0 Å². The minimum absolute atomic E-state index is 0. The zero-order chi connectivity index (χ0) is 46.1. The number of carbonyl (C=O) groups is 3. The number of hydrogen-bond acceptors (Lipinski definition) is 10. The fourth-order valence-corrected chi connectivity index (χ4v) is 19.3. The van der Waals surface area contributed by atoms with Gasteiger partial charge in [-0.3, -0.25) is 14.4 Å². The second-order valence-electron chi connectivity index (χ2n) is 14.5. The molecule has 60 heavy (non-hydrogen) atoms. The van der Waals surface area contributed by atoms with E-state index >= 15 is 0 Å². The van der Waals surface area contributed by atoms with Crippen molar-refractivity contribution < 1.29 is 42.0 Å². The van der Waals surface area contributed by atoms with Crippen LogP contribution in [0.15, 0.2) is 99.2 Å². The van der Waals surface area contributed by atoms with Crippen LogP contribution in [0.25, 0.3) is 0 Å². The van der Waals surface area contributed by atoms with E-state index in [1.54, 1.807) is 44.9 Å². The topological polar surface area (TPSA) is 106 Å². The molecule has 0 radical (unpaired) electrons. The standard InChI is InChI=1S/C10H16O.2C10H14O.C9H12O.CH4.Mn.2O.S7.S6/c2*1-4-8-7-9(11)5-6-10(8,2)3;1-4-8-6-5-7-9(11)10(8,2)3;1-3-8-5-4-6-9(10)7(8)2;;;;;1-3-5-7-6-4-2;1-3-5-6-4-2/h4-6,8-9,11H,1,7H2,2-3H3;4-6,8H,1,7H2,2-3H3;4-5,7-8H,1,6H2,2-3H3;3-4,6-8H,1,5H2,2H3;1H4;;;;;. The van der Waals surface area contributed by atoms with Crippen molar-refractivity contribution in [3.63, 3.8) is 0 Å². The molecule has 0 saturated carbocycles. The molecule has 0 heterocycles. The number of ketones is 3. The quantitative estimate of drug-likeness (QED) is 0.217. The molecule has 4 aliphatic rings. The summed E-state index contributed by atoms with van der Waals surface area (Å²) in [5.41, 5.74) is 0.0349. The van der Waals surface area contributed by atoms with Crippen molar-refractivity contribution >= 4 is 142 Å². The summed E-state index contributed by atoms with van der Waals surface area (Å²) in [5.74, 6) is 2.18. The van der Waals surface area contributed by atoms with Crippen LogP contribution in [-0.2, 0) is 162 Å². The number of allylic oxidation sites excluding steroid dienone is 11. The van der Waals surface area contributed by atoms with Gasteiger partial charge in [0.05, 0.1) is 6.10 Å². The summed E-state index contributed by atoms with van der Waals surface area (Å²) in [6, 6.07) is 0. The van der Waals surface area contributed by atoms with Crippen LogP contribution in [0.5, 0.6) is 0 Å². The Morgan fingerprint density at radius 2 is 1.13 bits per heavy atom. The van der Waals surface area contributed by atoms with Crippen LogP contribution >= 0.6 is 0 Å². The van der Waals surface area contributed by atoms with Crippen molar-refractivity contribution in [3.8, 4) is 0 Å². The third-order valence-corrected chi connectivity index (χ3v) is 25.2. The van der Waals surface area contributed by atoms with Gasteiger partial charge in [0.2, 0.25) is 0 Å². The summed E-state index contributed by atoms with van der Waals surface area (Å²) < 4.78 is 16.8. The van der Waals surface area contributed by atoms with Crippen LogP contribution in [0.1, 0.15) is 81.6 Å². The summed E-state index contributed by atoms with van der Waals surface area (Å²) >= 11 is 16.7. The maximum absolute atomic E-state index is 11.4. The van der Waals surface area contributed by atoms with Crippen molar-refractivity contribution in [2.45, 2.75) is 87.7 Å². The van der Waals surface area contributed by atoms with Crippen molar-refractivity contribution in [1.29, 1.82) is 0 Å². The third kappa shape index (κ3) is 30.1. The molecule has 6 unspecified atom stereocenters. The van der Waals surface area contributed by atoms with E-state index < -0.39 is 14.8 Å². The number of hydrogen-bond donors (Lipinski definition) is 1. The van der Waals surface area contributed by atoms with Gasteiger partial charge in [-0.1, -0.05) is 111 Å². The zero-order valence-electron chi connectivity index (χ0n) is 34.2. The Kier molecular flexibility index (Phi) is 43.5. The van der Waals surface area contributed by atoms with E-state index in [0.717, 1.165) is 19.3 Å². The fraction of sp³-hybridized carbons (Fsp3) is 0.525. The first-order chi connectivity index (χ1) is 27.7. The van der Waals surface area contributed by atoms with Crippen LogP contribution in [0.3, 0.4) is 0 Å². The Morgan fingerprint density at radius 1 is 0.683 bits per heavy atom. The molecule has 4 aliphatic carbocycles. The van der Waals surface area contributed by atoms with Gasteiger partial charge in [0.25, 0.3) is 0 Å². The minimum atomic E-state index is -1.44. The van der Waals surface area contributed by atoms with Gasteiger partial charge in [0.1, 0.15) is 0 Å². The van der Waals surface area contributed by atoms with Crippen molar-refractivity contribution in [2.24, 2.45) is 45.8 Å². The first-order valence-corrected chi connectivity index (χ1v) is 33.2. The van der Waals surface area contributed by atoms with Gasteiger partial charge in [0.15, 0.2) is 17.3 Å². The monoisotopic (exact) mass is 1110 g/mol. The fourth-order valence-electron chi connectivity index (χ4n) is 5.56. The molecule has 0 aromatic carbocycles. The number of carbonyl (C=O) groups excluding carboxylic acids is 3. The Labute approximate surface area is 412 Å². The molecule has 1 N–H and O–H groups in total. The van der Waals surface area contributed by atoms with Gasteiger partial charge in [-0.2, -0.15) is 0 Å². The van der Waals surface area contributed by atoms with E-state index in [4.69, 9.17) is 7.67 Å². The molecule has 0 saturated heterocycles. The molecule has 341 valence electrons. The molecule has 4 rings (SSSR count). The van der Waals surface area contributed by atoms with Gasteiger partial charge < -0.3 is 5.11 Å². The van der Waals surface area contributed by atoms with Gasteiger partial charge in [0, 0.05) is 142 Å². The van der Waals surface area contributed by atoms with Crippen molar-refractivity contribution in [1.82, 2.24) is 0 Å². The summed E-state index contributed by atoms with van der Waals surface area (Å²) in [4.78, 5) is 33.4. The van der Waals surface area contributed by atoms with E-state index in [2.05, 4.69) is 105 Å². The molecule has 0 aliphatic heterocycles. The normalized spacial score (nSPS) is 23.8. The summed E-state index contributed by atoms with van der Waals surface area (Å²) in [5, 5.41) is 9.31. The zero-order valence-corrected chi connectivity index (χ0v) is 46.0. The number of aliphatic hydroxyl groups excluding tert-OH is 1. The Bertz CT molecular complexity index is 1950. The Balaban J connectivity index is -0.000000312. The van der Waals surface area contributed by atoms with Crippen LogP contribution < -0.4 is 0 Å². The molecule has 0 fully saturated rings. The predicted molar refractivity (Wildman–Crippen MR) is 285 cm³/mol. The molecule has 0 aromatic heterocycles. The third-order valence-electron chi connectivity index (χ3n) is 9.63. The molecule has 6 nitrogen and oxygen atoms in total. The van der Waals surface area contributed by atoms with Crippen LogP contribution in [0.4, 0.5) is 0 Å². The van der Waals surface area contributed by atoms with E-state index in [1.807, 2.05) is 69.4 Å². The summed E-state index contributed by atoms with van der Waals surface area (Å²) in [6.07, 6.45) is 25.4. The second-order valence-corrected chi connectivity index (χ2v) is 30.6. The van der Waals surface area contributed by atoms with E-state index in [1.165, 1.54) is 53.3 Å². The van der Waals surface area contributed by atoms with Gasteiger partial charge >= 0.3 is 22.5 Å². The molecule has 0 amide bonds. The first kappa shape index (κ1) is 66.5. The average molecular weight is 1110 g/mol. The summed E-state index contributed by atoms with van der Waals surface area (Å²) in [7, 11) is 13.0. The van der Waals surface area contributed by atoms with E-state index in [-0.39, 0.29) is 53.0 Å². The average Bonchev–Trinajstić information content (AvgIpc) is 3.20. The van der Waals surface area contributed by atoms with Gasteiger partial charge in [-0.05, 0) is 72.0 Å². The molecule has 0 bridgehead atoms. The molecular weight excluding hydrogens is 1050 g/mol. The molecule has 0 spiro atoms. The molecule has 6 atom stereocenters. The van der Waals surface area contributed by atoms with Crippen LogP contribution in [0, 0.1) is 45.8 Å². The van der Waals surface area contributed by atoms with Gasteiger partial charge in [-0.15, -0.1) is 26.3 Å². The first-order valence-electron chi connectivity index (χ1n) is 17.6. The summed E-state index contributed by atoms with van der Waals surface area (Å²) in [6.45, 7) is 29.4.